The van der Waals surface area contributed by atoms with Crippen LogP contribution in [0.4, 0.5) is 0 Å². The molecule has 0 radical (unpaired) electrons. The van der Waals surface area contributed by atoms with Crippen molar-refractivity contribution >= 4 is 25.4 Å². The Morgan fingerprint density at radius 3 is 2.65 bits per heavy atom. The van der Waals surface area contributed by atoms with E-state index in [1.54, 1.807) is 6.08 Å². The summed E-state index contributed by atoms with van der Waals surface area (Å²) in [5, 5.41) is 0. The molecule has 1 atom stereocenters. The number of rotatable bonds is 6. The topological polar surface area (TPSA) is 26.3 Å². The van der Waals surface area contributed by atoms with Crippen molar-refractivity contribution in [1.29, 1.82) is 0 Å². The second kappa shape index (κ2) is 8.10. The molecule has 0 saturated carbocycles. The molecule has 92 valence electrons. The molecule has 1 aromatic carbocycles. The van der Waals surface area contributed by atoms with Crippen molar-refractivity contribution < 1.29 is 9.53 Å². The summed E-state index contributed by atoms with van der Waals surface area (Å²) in [6, 6.07) is 10.4. The number of carbonyl (C=O) groups excluding carboxylic acids is 1. The van der Waals surface area contributed by atoms with Crippen LogP contribution >= 0.6 is 0 Å². The Balaban J connectivity index is 2.52. The van der Waals surface area contributed by atoms with Crippen molar-refractivity contribution in [3.63, 3.8) is 0 Å². The van der Waals surface area contributed by atoms with E-state index >= 15 is 0 Å². The molecule has 2 nitrogen and oxygen atoms in total. The first-order valence-corrected chi connectivity index (χ1v) is 7.67. The molecular weight excluding hydrogens is 279 g/mol. The molecule has 1 aromatic rings. The van der Waals surface area contributed by atoms with E-state index in [-0.39, 0.29) is 5.97 Å². The Kier molecular flexibility index (Phi) is 6.68. The van der Waals surface area contributed by atoms with Crippen molar-refractivity contribution in [2.75, 3.05) is 6.61 Å². The van der Waals surface area contributed by atoms with Crippen molar-refractivity contribution in [3.8, 4) is 0 Å². The molecule has 0 aliphatic heterocycles. The predicted octanol–water partition coefficient (Wildman–Crippen LogP) is 2.33. The van der Waals surface area contributed by atoms with Crippen LogP contribution in [-0.4, -0.2) is 27.5 Å². The standard InChI is InChI=1S/C14H18O2Se/c1-3-12(10-11-14(15)16-4-2)17-13-8-6-5-7-9-13/h5-12H,3-4H2,1-2H3/b11-10+/t12-/m0/s1. The molecule has 0 unspecified atom stereocenters. The van der Waals surface area contributed by atoms with Gasteiger partial charge in [0.05, 0.1) is 0 Å². The van der Waals surface area contributed by atoms with Crippen molar-refractivity contribution in [3.05, 3.63) is 42.5 Å². The molecule has 0 bridgehead atoms. The third-order valence-corrected chi connectivity index (χ3v) is 4.97. The summed E-state index contributed by atoms with van der Waals surface area (Å²) in [5.41, 5.74) is 0. The van der Waals surface area contributed by atoms with Gasteiger partial charge in [0.1, 0.15) is 0 Å². The molecule has 0 amide bonds. The van der Waals surface area contributed by atoms with Crippen molar-refractivity contribution in [2.24, 2.45) is 0 Å². The monoisotopic (exact) mass is 298 g/mol. The van der Waals surface area contributed by atoms with Crippen molar-refractivity contribution in [1.82, 2.24) is 0 Å². The summed E-state index contributed by atoms with van der Waals surface area (Å²) in [4.78, 5) is 11.7. The van der Waals surface area contributed by atoms with Gasteiger partial charge in [0.25, 0.3) is 0 Å². The zero-order chi connectivity index (χ0) is 12.5. The second-order valence-corrected chi connectivity index (χ2v) is 6.24. The van der Waals surface area contributed by atoms with E-state index in [2.05, 4.69) is 31.2 Å². The number of hydrogen-bond donors (Lipinski definition) is 0. The maximum absolute atomic E-state index is 11.2. The van der Waals surface area contributed by atoms with E-state index in [0.29, 0.717) is 26.4 Å². The molecule has 1 rings (SSSR count). The van der Waals surface area contributed by atoms with Crippen LogP contribution < -0.4 is 4.46 Å². The minimum atomic E-state index is -0.241. The molecule has 17 heavy (non-hydrogen) atoms. The fourth-order valence-corrected chi connectivity index (χ4v) is 3.38. The average molecular weight is 297 g/mol. The molecule has 3 heteroatoms. The number of allylic oxidation sites excluding steroid dienone is 1. The van der Waals surface area contributed by atoms with Crippen LogP contribution in [0.1, 0.15) is 20.3 Å². The molecule has 0 saturated heterocycles. The average Bonchev–Trinajstić information content (AvgIpc) is 2.36. The van der Waals surface area contributed by atoms with Crippen LogP contribution in [0.3, 0.4) is 0 Å². The predicted molar refractivity (Wildman–Crippen MR) is 71.6 cm³/mol. The first-order valence-electron chi connectivity index (χ1n) is 5.83. The molecular formula is C14H18O2Se. The fraction of sp³-hybridized carbons (Fsp3) is 0.357. The Labute approximate surface area is 109 Å². The molecule has 0 aliphatic rings. The number of hydrogen-bond acceptors (Lipinski definition) is 2. The Morgan fingerprint density at radius 2 is 2.06 bits per heavy atom. The number of esters is 1. The van der Waals surface area contributed by atoms with Crippen LogP contribution in [0.5, 0.6) is 0 Å². The van der Waals surface area contributed by atoms with E-state index in [9.17, 15) is 4.79 Å². The van der Waals surface area contributed by atoms with Gasteiger partial charge in [-0.3, -0.25) is 0 Å². The Hall–Kier alpha value is -1.05. The van der Waals surface area contributed by atoms with Crippen LogP contribution in [0, 0.1) is 0 Å². The summed E-state index contributed by atoms with van der Waals surface area (Å²) in [6.07, 6.45) is 4.58. The van der Waals surface area contributed by atoms with Gasteiger partial charge in [-0.15, -0.1) is 0 Å². The van der Waals surface area contributed by atoms with Gasteiger partial charge >= 0.3 is 109 Å². The molecule has 0 N–H and O–H groups in total. The first kappa shape index (κ1) is 14.0. The molecule has 0 fully saturated rings. The molecule has 0 heterocycles. The summed E-state index contributed by atoms with van der Waals surface area (Å²) >= 11 is 0.374. The zero-order valence-corrected chi connectivity index (χ0v) is 12.0. The normalized spacial score (nSPS) is 12.6. The number of benzene rings is 1. The van der Waals surface area contributed by atoms with Gasteiger partial charge < -0.3 is 0 Å². The van der Waals surface area contributed by atoms with Crippen LogP contribution in [0.2, 0.25) is 4.82 Å². The van der Waals surface area contributed by atoms with Gasteiger partial charge in [-0.1, -0.05) is 0 Å². The quantitative estimate of drug-likeness (QED) is 0.458. The third-order valence-electron chi connectivity index (χ3n) is 2.17. The summed E-state index contributed by atoms with van der Waals surface area (Å²) < 4.78 is 6.23. The minimum absolute atomic E-state index is 0.241. The van der Waals surface area contributed by atoms with E-state index < -0.39 is 0 Å². The second-order valence-electron chi connectivity index (χ2n) is 3.49. The Bertz CT molecular complexity index is 360. The van der Waals surface area contributed by atoms with Gasteiger partial charge in [-0.05, 0) is 0 Å². The van der Waals surface area contributed by atoms with Crippen LogP contribution in [0.15, 0.2) is 42.5 Å². The third kappa shape index (κ3) is 5.71. The summed E-state index contributed by atoms with van der Waals surface area (Å²) in [7, 11) is 0. The summed E-state index contributed by atoms with van der Waals surface area (Å²) in [5.74, 6) is -0.241. The van der Waals surface area contributed by atoms with Crippen LogP contribution in [0.25, 0.3) is 0 Å². The Morgan fingerprint density at radius 1 is 1.35 bits per heavy atom. The molecule has 0 aliphatic carbocycles. The van der Waals surface area contributed by atoms with Crippen molar-refractivity contribution in [2.45, 2.75) is 25.1 Å². The SMILES string of the molecule is CCOC(=O)/C=C/[C@H](CC)[Se]c1ccccc1. The van der Waals surface area contributed by atoms with Gasteiger partial charge in [0, 0.05) is 0 Å². The van der Waals surface area contributed by atoms with Gasteiger partial charge in [0.15, 0.2) is 0 Å². The van der Waals surface area contributed by atoms with E-state index in [4.69, 9.17) is 4.74 Å². The first-order chi connectivity index (χ1) is 8.26. The number of carbonyl (C=O) groups is 1. The fourth-order valence-electron chi connectivity index (χ4n) is 1.31. The molecule has 0 aromatic heterocycles. The van der Waals surface area contributed by atoms with E-state index in [1.165, 1.54) is 4.46 Å². The van der Waals surface area contributed by atoms with Crippen LogP contribution in [-0.2, 0) is 9.53 Å². The van der Waals surface area contributed by atoms with Gasteiger partial charge in [0.2, 0.25) is 0 Å². The molecule has 0 spiro atoms. The zero-order valence-electron chi connectivity index (χ0n) is 10.3. The van der Waals surface area contributed by atoms with E-state index in [1.807, 2.05) is 19.1 Å². The maximum atomic E-state index is 11.2. The van der Waals surface area contributed by atoms with Gasteiger partial charge in [-0.25, -0.2) is 0 Å². The van der Waals surface area contributed by atoms with Gasteiger partial charge in [-0.2, -0.15) is 0 Å². The van der Waals surface area contributed by atoms with E-state index in [0.717, 1.165) is 6.42 Å². The summed E-state index contributed by atoms with van der Waals surface area (Å²) in [6.45, 7) is 4.39. The number of ether oxygens (including phenoxy) is 1.